The molecule has 0 aliphatic heterocycles. The molecule has 21 heavy (non-hydrogen) atoms. The van der Waals surface area contributed by atoms with Crippen LogP contribution in [0.1, 0.15) is 0 Å². The Kier molecular flexibility index (Phi) is 5.45. The summed E-state index contributed by atoms with van der Waals surface area (Å²) < 4.78 is 11.0. The van der Waals surface area contributed by atoms with Gasteiger partial charge in [-0.25, -0.2) is 0 Å². The molecule has 0 N–H and O–H groups in total. The predicted octanol–water partition coefficient (Wildman–Crippen LogP) is 3.77. The van der Waals surface area contributed by atoms with Crippen LogP contribution in [-0.4, -0.2) is 24.4 Å². The Bertz CT molecular complexity index is 601. The first kappa shape index (κ1) is 15.2. The van der Waals surface area contributed by atoms with Crippen LogP contribution in [0.5, 0.6) is 11.5 Å². The molecule has 0 aliphatic rings. The van der Waals surface area contributed by atoms with E-state index in [0.717, 1.165) is 5.75 Å². The van der Waals surface area contributed by atoms with Crippen LogP contribution in [0.25, 0.3) is 0 Å². The molecule has 0 saturated heterocycles. The summed E-state index contributed by atoms with van der Waals surface area (Å²) in [4.78, 5) is 11.4. The van der Waals surface area contributed by atoms with Crippen LogP contribution >= 0.6 is 11.8 Å². The number of benzene rings is 2. The first-order valence-corrected chi connectivity index (χ1v) is 7.55. The molecule has 0 radical (unpaired) electrons. The molecule has 0 bridgehead atoms. The highest BCUT2D eigenvalue weighted by Gasteiger charge is 2.06. The summed E-state index contributed by atoms with van der Waals surface area (Å²) in [7, 11) is 0. The summed E-state index contributed by atoms with van der Waals surface area (Å²) in [5.74, 6) is 1.24. The van der Waals surface area contributed by atoms with Crippen LogP contribution in [0, 0.1) is 10.1 Å². The van der Waals surface area contributed by atoms with Crippen molar-refractivity contribution in [1.82, 2.24) is 0 Å². The van der Waals surface area contributed by atoms with Gasteiger partial charge in [-0.3, -0.25) is 10.1 Å². The average molecular weight is 305 g/mol. The van der Waals surface area contributed by atoms with E-state index in [9.17, 15) is 10.1 Å². The highest BCUT2D eigenvalue weighted by molar-refractivity contribution is 7.98. The average Bonchev–Trinajstić information content (AvgIpc) is 2.52. The summed E-state index contributed by atoms with van der Waals surface area (Å²) in [6.45, 7) is 0.701. The van der Waals surface area contributed by atoms with Gasteiger partial charge >= 0.3 is 0 Å². The normalized spacial score (nSPS) is 10.1. The second-order valence-electron chi connectivity index (χ2n) is 4.13. The van der Waals surface area contributed by atoms with E-state index in [0.29, 0.717) is 19.0 Å². The van der Waals surface area contributed by atoms with E-state index in [1.807, 2.05) is 30.5 Å². The number of hydrogen-bond donors (Lipinski definition) is 0. The standard InChI is InChI=1S/C15H15NO4S/c1-21-15-7-5-13(6-8-15)19-9-10-20-14-4-2-3-12(11-14)16(17)18/h2-8,11H,9-10H2,1H3. The Morgan fingerprint density at radius 2 is 1.71 bits per heavy atom. The minimum absolute atomic E-state index is 0.0149. The lowest BCUT2D eigenvalue weighted by Gasteiger charge is -2.08. The van der Waals surface area contributed by atoms with E-state index in [1.54, 1.807) is 23.9 Å². The van der Waals surface area contributed by atoms with Crippen molar-refractivity contribution in [1.29, 1.82) is 0 Å². The molecule has 0 atom stereocenters. The van der Waals surface area contributed by atoms with Gasteiger partial charge in [-0.15, -0.1) is 11.8 Å². The Labute approximate surface area is 127 Å². The molecule has 0 saturated carbocycles. The van der Waals surface area contributed by atoms with Crippen molar-refractivity contribution in [2.75, 3.05) is 19.5 Å². The first-order valence-electron chi connectivity index (χ1n) is 6.33. The van der Waals surface area contributed by atoms with E-state index in [1.165, 1.54) is 17.0 Å². The molecule has 0 unspecified atom stereocenters. The van der Waals surface area contributed by atoms with Crippen LogP contribution in [0.2, 0.25) is 0 Å². The molecule has 2 rings (SSSR count). The summed E-state index contributed by atoms with van der Waals surface area (Å²) in [6, 6.07) is 13.9. The second kappa shape index (κ2) is 7.54. The molecule has 6 heteroatoms. The van der Waals surface area contributed by atoms with E-state index in [2.05, 4.69) is 0 Å². The van der Waals surface area contributed by atoms with Gasteiger partial charge in [-0.1, -0.05) is 6.07 Å². The number of ether oxygens (including phenoxy) is 2. The lowest BCUT2D eigenvalue weighted by Crippen LogP contribution is -2.09. The molecule has 0 heterocycles. The zero-order valence-electron chi connectivity index (χ0n) is 11.5. The maximum absolute atomic E-state index is 10.6. The van der Waals surface area contributed by atoms with E-state index in [4.69, 9.17) is 9.47 Å². The third-order valence-corrected chi connectivity index (χ3v) is 3.45. The van der Waals surface area contributed by atoms with Crippen LogP contribution in [0.15, 0.2) is 53.4 Å². The molecule has 5 nitrogen and oxygen atoms in total. The van der Waals surface area contributed by atoms with Crippen LogP contribution in [0.3, 0.4) is 0 Å². The molecular formula is C15H15NO4S. The fourth-order valence-corrected chi connectivity index (χ4v) is 2.09. The van der Waals surface area contributed by atoms with Gasteiger partial charge in [0.1, 0.15) is 24.7 Å². The van der Waals surface area contributed by atoms with Crippen molar-refractivity contribution >= 4 is 17.4 Å². The van der Waals surface area contributed by atoms with Crippen molar-refractivity contribution in [3.63, 3.8) is 0 Å². The SMILES string of the molecule is CSc1ccc(OCCOc2cccc([N+](=O)[O-])c2)cc1. The number of nitro benzene ring substituents is 1. The van der Waals surface area contributed by atoms with Crippen LogP contribution < -0.4 is 9.47 Å². The van der Waals surface area contributed by atoms with Gasteiger partial charge in [-0.05, 0) is 36.6 Å². The fraction of sp³-hybridized carbons (Fsp3) is 0.200. The first-order chi connectivity index (χ1) is 10.2. The van der Waals surface area contributed by atoms with Crippen molar-refractivity contribution in [3.05, 3.63) is 58.6 Å². The van der Waals surface area contributed by atoms with Crippen LogP contribution in [0.4, 0.5) is 5.69 Å². The number of hydrogen-bond acceptors (Lipinski definition) is 5. The van der Waals surface area contributed by atoms with Gasteiger partial charge in [0.2, 0.25) is 0 Å². The zero-order valence-corrected chi connectivity index (χ0v) is 12.3. The summed E-state index contributed by atoms with van der Waals surface area (Å²) >= 11 is 1.67. The number of nitro groups is 1. The van der Waals surface area contributed by atoms with E-state index < -0.39 is 4.92 Å². The summed E-state index contributed by atoms with van der Waals surface area (Å²) in [5.41, 5.74) is 0.0149. The third-order valence-electron chi connectivity index (χ3n) is 2.71. The van der Waals surface area contributed by atoms with E-state index in [-0.39, 0.29) is 5.69 Å². The lowest BCUT2D eigenvalue weighted by molar-refractivity contribution is -0.384. The monoisotopic (exact) mass is 305 g/mol. The molecule has 0 spiro atoms. The Morgan fingerprint density at radius 3 is 2.33 bits per heavy atom. The molecular weight excluding hydrogens is 290 g/mol. The maximum Gasteiger partial charge on any atom is 0.273 e. The molecule has 0 aromatic heterocycles. The van der Waals surface area contributed by atoms with Gasteiger partial charge in [0.05, 0.1) is 11.0 Å². The van der Waals surface area contributed by atoms with E-state index >= 15 is 0 Å². The molecule has 2 aromatic rings. The van der Waals surface area contributed by atoms with Gasteiger partial charge < -0.3 is 9.47 Å². The predicted molar refractivity (Wildman–Crippen MR) is 82.3 cm³/mol. The van der Waals surface area contributed by atoms with Crippen molar-refractivity contribution in [3.8, 4) is 11.5 Å². The minimum atomic E-state index is -0.448. The quantitative estimate of drug-likeness (QED) is 0.337. The van der Waals surface area contributed by atoms with Gasteiger partial charge in [0, 0.05) is 11.0 Å². The smallest absolute Gasteiger partial charge is 0.273 e. The molecule has 110 valence electrons. The van der Waals surface area contributed by atoms with Crippen molar-refractivity contribution < 1.29 is 14.4 Å². The highest BCUT2D eigenvalue weighted by atomic mass is 32.2. The third kappa shape index (κ3) is 4.68. The van der Waals surface area contributed by atoms with Crippen molar-refractivity contribution in [2.45, 2.75) is 4.90 Å². The topological polar surface area (TPSA) is 61.6 Å². The maximum atomic E-state index is 10.6. The largest absolute Gasteiger partial charge is 0.490 e. The summed E-state index contributed by atoms with van der Waals surface area (Å²) in [5, 5.41) is 10.6. The van der Waals surface area contributed by atoms with Gasteiger partial charge in [0.25, 0.3) is 5.69 Å². The molecule has 0 aliphatic carbocycles. The lowest BCUT2D eigenvalue weighted by atomic mass is 10.3. The Balaban J connectivity index is 1.78. The van der Waals surface area contributed by atoms with Crippen molar-refractivity contribution in [2.24, 2.45) is 0 Å². The Morgan fingerprint density at radius 1 is 1.05 bits per heavy atom. The number of nitrogens with zero attached hydrogens (tertiary/aromatic N) is 1. The Hall–Kier alpha value is -2.21. The zero-order chi connectivity index (χ0) is 15.1. The molecule has 0 fully saturated rings. The van der Waals surface area contributed by atoms with Gasteiger partial charge in [0.15, 0.2) is 0 Å². The van der Waals surface area contributed by atoms with Crippen LogP contribution in [-0.2, 0) is 0 Å². The minimum Gasteiger partial charge on any atom is -0.490 e. The summed E-state index contributed by atoms with van der Waals surface area (Å²) in [6.07, 6.45) is 2.02. The molecule has 0 amide bonds. The highest BCUT2D eigenvalue weighted by Crippen LogP contribution is 2.20. The second-order valence-corrected chi connectivity index (χ2v) is 5.01. The fourth-order valence-electron chi connectivity index (χ4n) is 1.68. The number of non-ortho nitro benzene ring substituents is 1. The molecule has 2 aromatic carbocycles. The van der Waals surface area contributed by atoms with Gasteiger partial charge in [-0.2, -0.15) is 0 Å². The number of rotatable bonds is 7. The number of thioether (sulfide) groups is 1.